The Labute approximate surface area is 430 Å². The highest BCUT2D eigenvalue weighted by Gasteiger charge is 2.41. The van der Waals surface area contributed by atoms with E-state index in [4.69, 9.17) is 28.7 Å². The van der Waals surface area contributed by atoms with E-state index in [1.165, 1.54) is 31.2 Å². The average molecular weight is 1060 g/mol. The summed E-state index contributed by atoms with van der Waals surface area (Å²) in [5.41, 5.74) is 27.6. The van der Waals surface area contributed by atoms with Crippen LogP contribution in [0.2, 0.25) is 0 Å². The van der Waals surface area contributed by atoms with Crippen LogP contribution >= 0.6 is 0 Å². The molecule has 30 heteroatoms. The molecule has 1 saturated heterocycles. The average Bonchev–Trinajstić information content (AvgIpc) is 3.83. The fraction of sp³-hybridized carbons (Fsp3) is 0.578. The monoisotopic (exact) mass is 1060 g/mol. The van der Waals surface area contributed by atoms with Gasteiger partial charge in [-0.25, -0.2) is 4.79 Å². The van der Waals surface area contributed by atoms with Crippen molar-refractivity contribution in [1.29, 1.82) is 0 Å². The number of benzene rings is 1. The van der Waals surface area contributed by atoms with E-state index in [1.54, 1.807) is 13.8 Å². The number of phenolic OH excluding ortho intramolecular Hbond substituents is 1. The van der Waals surface area contributed by atoms with Crippen molar-refractivity contribution in [2.75, 3.05) is 19.7 Å². The number of carbonyl (C=O) groups excluding carboxylic acids is 10. The number of carbonyl (C=O) groups is 12. The minimum atomic E-state index is -1.83. The molecule has 0 aromatic heterocycles. The maximum Gasteiger partial charge on any atom is 0.326 e. The van der Waals surface area contributed by atoms with Gasteiger partial charge in [-0.2, -0.15) is 0 Å². The van der Waals surface area contributed by atoms with Crippen molar-refractivity contribution in [3.8, 4) is 5.75 Å². The number of aliphatic hydroxyl groups excluding tert-OH is 1. The quantitative estimate of drug-likeness (QED) is 0.0181. The highest BCUT2D eigenvalue weighted by molar-refractivity contribution is 5.99. The van der Waals surface area contributed by atoms with E-state index in [0.717, 1.165) is 4.90 Å². The van der Waals surface area contributed by atoms with Crippen LogP contribution in [0.4, 0.5) is 0 Å². The van der Waals surface area contributed by atoms with Crippen LogP contribution in [-0.2, 0) is 64.0 Å². The van der Waals surface area contributed by atoms with E-state index in [2.05, 4.69) is 42.2 Å². The number of nitrogens with two attached hydrogens (primary N) is 5. The van der Waals surface area contributed by atoms with Crippen LogP contribution in [0.5, 0.6) is 5.75 Å². The molecule has 10 amide bonds. The van der Waals surface area contributed by atoms with Crippen molar-refractivity contribution < 1.29 is 78.0 Å². The molecule has 0 spiro atoms. The fourth-order valence-electron chi connectivity index (χ4n) is 7.36. The molecule has 30 nitrogen and oxygen atoms in total. The molecule has 9 atom stereocenters. The minimum absolute atomic E-state index is 0.00654. The van der Waals surface area contributed by atoms with E-state index >= 15 is 0 Å². The molecule has 0 aliphatic carbocycles. The molecule has 21 N–H and O–H groups in total. The van der Waals surface area contributed by atoms with Crippen molar-refractivity contribution >= 4 is 77.0 Å². The summed E-state index contributed by atoms with van der Waals surface area (Å²) in [6.45, 7) is 3.41. The number of guanidine groups is 1. The molecule has 1 aromatic rings. The number of aliphatic imine (C=N–C) groups is 1. The van der Waals surface area contributed by atoms with Gasteiger partial charge in [-0.1, -0.05) is 26.0 Å². The van der Waals surface area contributed by atoms with Crippen LogP contribution < -0.4 is 65.9 Å². The molecule has 1 fully saturated rings. The first-order valence-corrected chi connectivity index (χ1v) is 23.8. The number of carboxylic acid groups (broad SMARTS) is 2. The third kappa shape index (κ3) is 21.8. The number of aliphatic hydroxyl groups is 1. The van der Waals surface area contributed by atoms with Gasteiger partial charge in [-0.3, -0.25) is 57.7 Å². The van der Waals surface area contributed by atoms with Crippen LogP contribution in [0.25, 0.3) is 0 Å². The van der Waals surface area contributed by atoms with E-state index < -0.39 is 151 Å². The van der Waals surface area contributed by atoms with Gasteiger partial charge in [0.05, 0.1) is 19.1 Å². The van der Waals surface area contributed by atoms with Gasteiger partial charge in [-0.15, -0.1) is 0 Å². The predicted molar refractivity (Wildman–Crippen MR) is 262 cm³/mol. The van der Waals surface area contributed by atoms with Crippen LogP contribution in [0, 0.1) is 5.92 Å². The number of aliphatic carboxylic acids is 2. The Bertz CT molecular complexity index is 2260. The normalized spacial score (nSPS) is 16.2. The van der Waals surface area contributed by atoms with Gasteiger partial charge in [0, 0.05) is 32.4 Å². The first-order chi connectivity index (χ1) is 35.1. The molecule has 1 aliphatic heterocycles. The number of aromatic hydroxyl groups is 1. The zero-order valence-corrected chi connectivity index (χ0v) is 41.7. The summed E-state index contributed by atoms with van der Waals surface area (Å²) in [5.74, 6) is -13.6. The summed E-state index contributed by atoms with van der Waals surface area (Å²) in [6.07, 6.45) is -3.09. The third-order valence-electron chi connectivity index (χ3n) is 11.6. The smallest absolute Gasteiger partial charge is 0.326 e. The second-order valence-electron chi connectivity index (χ2n) is 18.0. The van der Waals surface area contributed by atoms with Crippen molar-refractivity contribution in [2.24, 2.45) is 39.6 Å². The number of rotatable bonds is 32. The lowest BCUT2D eigenvalue weighted by atomic mass is 10.0. The first kappa shape index (κ1) is 63.0. The number of amides is 10. The lowest BCUT2D eigenvalue weighted by Crippen LogP contribution is -2.61. The highest BCUT2D eigenvalue weighted by Crippen LogP contribution is 2.21. The summed E-state index contributed by atoms with van der Waals surface area (Å²) < 4.78 is 0. The van der Waals surface area contributed by atoms with Crippen molar-refractivity contribution in [2.45, 2.75) is 139 Å². The second-order valence-corrected chi connectivity index (χ2v) is 18.0. The molecule has 1 aromatic carbocycles. The third-order valence-corrected chi connectivity index (χ3v) is 11.6. The molecule has 416 valence electrons. The van der Waals surface area contributed by atoms with Gasteiger partial charge in [-0.05, 0) is 69.1 Å². The van der Waals surface area contributed by atoms with Crippen LogP contribution in [0.1, 0.15) is 84.1 Å². The molecular formula is C45H70N14O16. The summed E-state index contributed by atoms with van der Waals surface area (Å²) in [7, 11) is 0. The molecule has 1 aliphatic rings. The lowest BCUT2D eigenvalue weighted by molar-refractivity contribution is -0.143. The number of hydrogen-bond acceptors (Lipinski definition) is 16. The molecule has 0 radical (unpaired) electrons. The van der Waals surface area contributed by atoms with E-state index in [-0.39, 0.29) is 75.7 Å². The second kappa shape index (κ2) is 30.8. The molecule has 1 heterocycles. The Kier molecular flexibility index (Phi) is 25.8. The fourth-order valence-corrected chi connectivity index (χ4v) is 7.36. The maximum atomic E-state index is 14.6. The van der Waals surface area contributed by atoms with Crippen LogP contribution in [0.15, 0.2) is 29.3 Å². The Balaban J connectivity index is 2.46. The van der Waals surface area contributed by atoms with E-state index in [9.17, 15) is 78.0 Å². The van der Waals surface area contributed by atoms with Gasteiger partial charge in [0.15, 0.2) is 5.96 Å². The van der Waals surface area contributed by atoms with Gasteiger partial charge >= 0.3 is 11.9 Å². The Morgan fingerprint density at radius 1 is 0.653 bits per heavy atom. The zero-order chi connectivity index (χ0) is 56.7. The van der Waals surface area contributed by atoms with E-state index in [0.29, 0.717) is 5.56 Å². The van der Waals surface area contributed by atoms with Gasteiger partial charge < -0.3 is 91.2 Å². The molecule has 75 heavy (non-hydrogen) atoms. The van der Waals surface area contributed by atoms with Crippen molar-refractivity contribution in [3.63, 3.8) is 0 Å². The molecule has 0 unspecified atom stereocenters. The topological polar surface area (TPSA) is 516 Å². The summed E-state index contributed by atoms with van der Waals surface area (Å²) in [4.78, 5) is 161. The molecule has 0 saturated carbocycles. The standard InChI is InChI=1S/C45H70N14O16/c1-21(2)35(48)42(72)58-30(20-60)40(70)53-25(6-4-16-51-45(49)50)38(68)56-28(19-33(47)63)39(69)57-29(18-23-8-10-24(61)11-9-23)43(73)59-17-5-7-31(59)41(71)54-26(13-15-34(64)65)37(67)52-22(3)36(66)55-27(44(74)75)12-14-32(46)62/h8-11,21-22,25-31,35,60-61H,4-7,12-20,48H2,1-3H3,(H2,46,62)(H2,47,63)(H,52,67)(H,53,70)(H,54,71)(H,55,66)(H,56,68)(H,57,69)(H,58,72)(H,64,65)(H,74,75)(H4,49,50,51)/t22-,25-,26-,27-,28-,29-,30-,31-,35-/m0/s1. The Morgan fingerprint density at radius 2 is 1.19 bits per heavy atom. The number of hydrogen-bond donors (Lipinski definition) is 16. The van der Waals surface area contributed by atoms with Crippen LogP contribution in [-0.4, -0.2) is 176 Å². The summed E-state index contributed by atoms with van der Waals surface area (Å²) in [5, 5.41) is 55.3. The summed E-state index contributed by atoms with van der Waals surface area (Å²) >= 11 is 0. The number of nitrogens with zero attached hydrogens (tertiary/aromatic N) is 2. The van der Waals surface area contributed by atoms with Crippen LogP contribution in [0.3, 0.4) is 0 Å². The molecular weight excluding hydrogens is 993 g/mol. The van der Waals surface area contributed by atoms with Gasteiger partial charge in [0.2, 0.25) is 59.1 Å². The lowest BCUT2D eigenvalue weighted by Gasteiger charge is -2.31. The zero-order valence-electron chi connectivity index (χ0n) is 41.7. The maximum absolute atomic E-state index is 14.6. The number of phenols is 1. The minimum Gasteiger partial charge on any atom is -0.508 e. The molecule has 2 rings (SSSR count). The SMILES string of the molecule is CC(C)[C@H](N)C(=O)N[C@@H](CO)C(=O)N[C@@H](CCCN=C(N)N)C(=O)N[C@@H](CC(N)=O)C(=O)N[C@@H](Cc1ccc(O)cc1)C(=O)N1CCC[C@H]1C(=O)N[C@@H](CCC(=O)O)C(=O)N[C@@H](C)C(=O)N[C@@H](CCC(N)=O)C(=O)O. The largest absolute Gasteiger partial charge is 0.508 e. The van der Waals surface area contributed by atoms with E-state index in [1.807, 2.05) is 0 Å². The van der Waals surface area contributed by atoms with Crippen molar-refractivity contribution in [3.05, 3.63) is 29.8 Å². The van der Waals surface area contributed by atoms with Crippen molar-refractivity contribution in [1.82, 2.24) is 42.1 Å². The number of primary amides is 2. The summed E-state index contributed by atoms with van der Waals surface area (Å²) in [6, 6.07) is -8.22. The first-order valence-electron chi connectivity index (χ1n) is 23.8. The Morgan fingerprint density at radius 3 is 1.75 bits per heavy atom. The number of likely N-dealkylation sites (tertiary alicyclic amines) is 1. The Hall–Kier alpha value is -8.15. The number of nitrogens with one attached hydrogen (secondary N) is 7. The highest BCUT2D eigenvalue weighted by atomic mass is 16.4. The number of carboxylic acids is 2. The molecule has 0 bridgehead atoms. The van der Waals surface area contributed by atoms with Gasteiger partial charge in [0.25, 0.3) is 0 Å². The van der Waals surface area contributed by atoms with Gasteiger partial charge in [0.1, 0.15) is 54.1 Å². The predicted octanol–water partition coefficient (Wildman–Crippen LogP) is -6.54.